The quantitative estimate of drug-likeness (QED) is 0.765. The molecule has 3 N–H and O–H groups in total. The Balaban J connectivity index is 1.29. The Kier molecular flexibility index (Phi) is 4.77. The molecule has 2 aliphatic rings. The van der Waals surface area contributed by atoms with E-state index in [0.717, 1.165) is 44.0 Å². The van der Waals surface area contributed by atoms with Gasteiger partial charge in [-0.1, -0.05) is 6.07 Å². The van der Waals surface area contributed by atoms with E-state index in [9.17, 15) is 15.0 Å². The number of rotatable bonds is 4. The maximum absolute atomic E-state index is 12.3. The Morgan fingerprint density at radius 1 is 1.04 bits per heavy atom. The van der Waals surface area contributed by atoms with Crippen molar-refractivity contribution in [3.05, 3.63) is 47.5 Å². The molecule has 1 saturated heterocycles. The minimum Gasteiger partial charge on any atom is -0.508 e. The molecule has 2 aromatic carbocycles. The molecular formula is C20H22N2O5. The maximum atomic E-state index is 12.3. The van der Waals surface area contributed by atoms with Crippen LogP contribution in [-0.4, -0.2) is 46.9 Å². The van der Waals surface area contributed by atoms with Gasteiger partial charge in [-0.25, -0.2) is 0 Å². The monoisotopic (exact) mass is 370 g/mol. The molecule has 0 aliphatic carbocycles. The number of phenols is 2. The summed E-state index contributed by atoms with van der Waals surface area (Å²) < 4.78 is 10.8. The average Bonchev–Trinajstić information content (AvgIpc) is 3.10. The molecule has 142 valence electrons. The maximum Gasteiger partial charge on any atom is 0.251 e. The van der Waals surface area contributed by atoms with Crippen molar-refractivity contribution in [3.63, 3.8) is 0 Å². The number of hydrogen-bond acceptors (Lipinski definition) is 6. The van der Waals surface area contributed by atoms with Crippen LogP contribution in [0, 0.1) is 0 Å². The minimum atomic E-state index is -0.282. The number of benzene rings is 2. The first-order valence-corrected chi connectivity index (χ1v) is 9.01. The molecule has 2 aromatic rings. The number of fused-ring (bicyclic) bond motifs is 1. The molecule has 0 saturated carbocycles. The van der Waals surface area contributed by atoms with Gasteiger partial charge in [-0.3, -0.25) is 9.69 Å². The molecule has 7 nitrogen and oxygen atoms in total. The zero-order valence-electron chi connectivity index (χ0n) is 14.9. The van der Waals surface area contributed by atoms with Gasteiger partial charge in [0.1, 0.15) is 11.5 Å². The van der Waals surface area contributed by atoms with Crippen LogP contribution in [0.4, 0.5) is 0 Å². The Hall–Kier alpha value is -2.93. The lowest BCUT2D eigenvalue weighted by Crippen LogP contribution is -2.44. The van der Waals surface area contributed by atoms with Gasteiger partial charge in [0.25, 0.3) is 5.91 Å². The van der Waals surface area contributed by atoms with E-state index in [1.54, 1.807) is 0 Å². The van der Waals surface area contributed by atoms with Gasteiger partial charge in [0.2, 0.25) is 6.79 Å². The van der Waals surface area contributed by atoms with Crippen molar-refractivity contribution in [1.29, 1.82) is 0 Å². The molecule has 0 bridgehead atoms. The highest BCUT2D eigenvalue weighted by molar-refractivity contribution is 5.95. The number of piperidine rings is 1. The van der Waals surface area contributed by atoms with Gasteiger partial charge in [-0.05, 0) is 42.7 Å². The number of phenolic OH excluding ortho intramolecular Hbond substituents is 2. The lowest BCUT2D eigenvalue weighted by Gasteiger charge is -2.32. The first-order valence-electron chi connectivity index (χ1n) is 9.01. The van der Waals surface area contributed by atoms with Crippen LogP contribution in [0.1, 0.15) is 28.8 Å². The van der Waals surface area contributed by atoms with Gasteiger partial charge in [-0.2, -0.15) is 0 Å². The smallest absolute Gasteiger partial charge is 0.251 e. The van der Waals surface area contributed by atoms with E-state index in [1.807, 2.05) is 12.1 Å². The summed E-state index contributed by atoms with van der Waals surface area (Å²) in [5, 5.41) is 22.0. The van der Waals surface area contributed by atoms with Gasteiger partial charge in [0.05, 0.1) is 0 Å². The third-order valence-corrected chi connectivity index (χ3v) is 4.93. The predicted octanol–water partition coefficient (Wildman–Crippen LogP) is 2.22. The number of carbonyl (C=O) groups excluding carboxylic acids is 1. The lowest BCUT2D eigenvalue weighted by atomic mass is 10.0. The van der Waals surface area contributed by atoms with E-state index in [-0.39, 0.29) is 35.8 Å². The standard InChI is InChI=1S/C20H22N2O5/c23-16-8-14(9-17(24)10-16)20(25)21-15-3-5-22(6-4-15)11-13-1-2-18-19(7-13)27-12-26-18/h1-2,7-10,15,23-24H,3-6,11-12H2,(H,21,25). The fraction of sp³-hybridized carbons (Fsp3) is 0.350. The molecule has 0 radical (unpaired) electrons. The number of ether oxygens (including phenoxy) is 2. The van der Waals surface area contributed by atoms with Crippen LogP contribution in [0.15, 0.2) is 36.4 Å². The van der Waals surface area contributed by atoms with Gasteiger partial charge in [0, 0.05) is 37.3 Å². The van der Waals surface area contributed by atoms with E-state index >= 15 is 0 Å². The van der Waals surface area contributed by atoms with Crippen molar-refractivity contribution in [3.8, 4) is 23.0 Å². The highest BCUT2D eigenvalue weighted by Gasteiger charge is 2.22. The summed E-state index contributed by atoms with van der Waals surface area (Å²) in [6, 6.07) is 9.99. The molecule has 0 aromatic heterocycles. The molecular weight excluding hydrogens is 348 g/mol. The Morgan fingerprint density at radius 3 is 2.48 bits per heavy atom. The lowest BCUT2D eigenvalue weighted by molar-refractivity contribution is 0.0908. The van der Waals surface area contributed by atoms with Crippen LogP contribution in [0.25, 0.3) is 0 Å². The molecule has 1 amide bonds. The van der Waals surface area contributed by atoms with Crippen molar-refractivity contribution < 1.29 is 24.5 Å². The van der Waals surface area contributed by atoms with E-state index in [2.05, 4.69) is 16.3 Å². The summed E-state index contributed by atoms with van der Waals surface area (Å²) in [4.78, 5) is 14.7. The molecule has 4 rings (SSSR count). The Labute approximate surface area is 157 Å². The number of likely N-dealkylation sites (tertiary alicyclic amines) is 1. The van der Waals surface area contributed by atoms with Crippen molar-refractivity contribution in [1.82, 2.24) is 10.2 Å². The van der Waals surface area contributed by atoms with Crippen LogP contribution in [0.3, 0.4) is 0 Å². The fourth-order valence-electron chi connectivity index (χ4n) is 3.53. The van der Waals surface area contributed by atoms with Crippen LogP contribution in [0.5, 0.6) is 23.0 Å². The SMILES string of the molecule is O=C(NC1CCN(Cc2ccc3c(c2)OCO3)CC1)c1cc(O)cc(O)c1. The van der Waals surface area contributed by atoms with Gasteiger partial charge in [0.15, 0.2) is 11.5 Å². The molecule has 2 heterocycles. The molecule has 1 fully saturated rings. The highest BCUT2D eigenvalue weighted by atomic mass is 16.7. The summed E-state index contributed by atoms with van der Waals surface area (Å²) in [7, 11) is 0. The fourth-order valence-corrected chi connectivity index (χ4v) is 3.53. The topological polar surface area (TPSA) is 91.3 Å². The second-order valence-corrected chi connectivity index (χ2v) is 6.95. The third-order valence-electron chi connectivity index (χ3n) is 4.93. The second kappa shape index (κ2) is 7.36. The van der Waals surface area contributed by atoms with Crippen molar-refractivity contribution >= 4 is 5.91 Å². The summed E-state index contributed by atoms with van der Waals surface area (Å²) in [5.41, 5.74) is 1.44. The first kappa shape index (κ1) is 17.5. The number of hydrogen-bond donors (Lipinski definition) is 3. The number of nitrogens with zero attached hydrogens (tertiary/aromatic N) is 1. The second-order valence-electron chi connectivity index (χ2n) is 6.95. The molecule has 0 atom stereocenters. The van der Waals surface area contributed by atoms with E-state index in [0.29, 0.717) is 0 Å². The normalized spacial score (nSPS) is 17.0. The molecule has 0 spiro atoms. The number of nitrogens with one attached hydrogen (secondary N) is 1. The largest absolute Gasteiger partial charge is 0.508 e. The molecule has 7 heteroatoms. The number of amides is 1. The van der Waals surface area contributed by atoms with E-state index in [1.165, 1.54) is 23.8 Å². The molecule has 27 heavy (non-hydrogen) atoms. The highest BCUT2D eigenvalue weighted by Crippen LogP contribution is 2.33. The van der Waals surface area contributed by atoms with Gasteiger partial charge < -0.3 is 25.0 Å². The van der Waals surface area contributed by atoms with Gasteiger partial charge in [-0.15, -0.1) is 0 Å². The number of aromatic hydroxyl groups is 2. The predicted molar refractivity (Wildman–Crippen MR) is 98.1 cm³/mol. The van der Waals surface area contributed by atoms with Gasteiger partial charge >= 0.3 is 0 Å². The molecule has 0 unspecified atom stereocenters. The summed E-state index contributed by atoms with van der Waals surface area (Å²) in [6.07, 6.45) is 1.70. The minimum absolute atomic E-state index is 0.0787. The van der Waals surface area contributed by atoms with Crippen molar-refractivity contribution in [2.75, 3.05) is 19.9 Å². The first-order chi connectivity index (χ1) is 13.1. The van der Waals surface area contributed by atoms with E-state index in [4.69, 9.17) is 9.47 Å². The Bertz CT molecular complexity index is 826. The molecule has 2 aliphatic heterocycles. The summed E-state index contributed by atoms with van der Waals surface area (Å²) in [6.45, 7) is 2.87. The summed E-state index contributed by atoms with van der Waals surface area (Å²) >= 11 is 0. The van der Waals surface area contributed by atoms with Crippen LogP contribution in [0.2, 0.25) is 0 Å². The van der Waals surface area contributed by atoms with Crippen LogP contribution in [-0.2, 0) is 6.54 Å². The zero-order valence-corrected chi connectivity index (χ0v) is 14.9. The van der Waals surface area contributed by atoms with Crippen LogP contribution >= 0.6 is 0 Å². The van der Waals surface area contributed by atoms with Crippen molar-refractivity contribution in [2.45, 2.75) is 25.4 Å². The summed E-state index contributed by atoms with van der Waals surface area (Å²) in [5.74, 6) is 1.05. The third kappa shape index (κ3) is 4.09. The number of carbonyl (C=O) groups is 1. The van der Waals surface area contributed by atoms with E-state index < -0.39 is 0 Å². The van der Waals surface area contributed by atoms with Crippen molar-refractivity contribution in [2.24, 2.45) is 0 Å². The zero-order chi connectivity index (χ0) is 18.8. The van der Waals surface area contributed by atoms with Crippen LogP contribution < -0.4 is 14.8 Å². The Morgan fingerprint density at radius 2 is 1.74 bits per heavy atom. The average molecular weight is 370 g/mol.